The molecule has 2 aromatic rings. The zero-order valence-electron chi connectivity index (χ0n) is 11.6. The number of urea groups is 1. The highest BCUT2D eigenvalue weighted by molar-refractivity contribution is 7.86. The summed E-state index contributed by atoms with van der Waals surface area (Å²) in [6.07, 6.45) is 3.18. The van der Waals surface area contributed by atoms with E-state index in [0.29, 0.717) is 5.69 Å². The van der Waals surface area contributed by atoms with E-state index in [1.165, 1.54) is 12.1 Å². The van der Waals surface area contributed by atoms with Crippen molar-refractivity contribution >= 4 is 22.5 Å². The lowest BCUT2D eigenvalue weighted by molar-refractivity contribution is -0.0384. The number of halogens is 3. The molecule has 0 aliphatic rings. The van der Waals surface area contributed by atoms with Gasteiger partial charge in [0.15, 0.2) is 10.8 Å². The van der Waals surface area contributed by atoms with Gasteiger partial charge >= 0.3 is 11.5 Å². The van der Waals surface area contributed by atoms with Crippen LogP contribution in [0.15, 0.2) is 53.7 Å². The molecular formula is C14H12F3N3O2S. The quantitative estimate of drug-likeness (QED) is 0.896. The summed E-state index contributed by atoms with van der Waals surface area (Å²) in [5.41, 5.74) is -3.66. The largest absolute Gasteiger partial charge is 0.475 e. The van der Waals surface area contributed by atoms with Crippen LogP contribution in [-0.2, 0) is 17.3 Å². The van der Waals surface area contributed by atoms with Gasteiger partial charge in [-0.2, -0.15) is 13.2 Å². The van der Waals surface area contributed by atoms with Crippen LogP contribution in [0.25, 0.3) is 0 Å². The Balaban J connectivity index is 1.90. The van der Waals surface area contributed by atoms with Gasteiger partial charge in [-0.3, -0.25) is 4.98 Å². The molecular weight excluding hydrogens is 331 g/mol. The first-order valence-corrected chi connectivity index (χ1v) is 7.53. The molecule has 1 atom stereocenters. The maximum absolute atomic E-state index is 12.3. The van der Waals surface area contributed by atoms with Crippen molar-refractivity contribution in [2.75, 3.05) is 5.32 Å². The molecule has 9 heteroatoms. The summed E-state index contributed by atoms with van der Waals surface area (Å²) in [6.45, 7) is 0.282. The van der Waals surface area contributed by atoms with Gasteiger partial charge in [0.2, 0.25) is 0 Å². The third-order valence-electron chi connectivity index (χ3n) is 2.74. The van der Waals surface area contributed by atoms with Crippen molar-refractivity contribution in [3.05, 3.63) is 54.4 Å². The van der Waals surface area contributed by atoms with Crippen molar-refractivity contribution in [3.63, 3.8) is 0 Å². The van der Waals surface area contributed by atoms with Crippen molar-refractivity contribution in [2.24, 2.45) is 0 Å². The van der Waals surface area contributed by atoms with E-state index < -0.39 is 22.3 Å². The Morgan fingerprint density at radius 2 is 1.70 bits per heavy atom. The molecule has 2 N–H and O–H groups in total. The molecule has 0 radical (unpaired) electrons. The number of nitrogens with zero attached hydrogens (tertiary/aromatic N) is 1. The van der Waals surface area contributed by atoms with Gasteiger partial charge in [-0.25, -0.2) is 9.00 Å². The van der Waals surface area contributed by atoms with E-state index in [2.05, 4.69) is 15.6 Å². The molecule has 2 amide bonds. The van der Waals surface area contributed by atoms with Gasteiger partial charge in [0, 0.05) is 29.5 Å². The number of hydrogen-bond donors (Lipinski definition) is 2. The lowest BCUT2D eigenvalue weighted by atomic mass is 10.3. The number of benzene rings is 1. The predicted molar refractivity (Wildman–Crippen MR) is 79.0 cm³/mol. The maximum atomic E-state index is 12.3. The SMILES string of the molecule is O=C(NCc1ccncc1)Nc1ccc([S@](=O)C(F)(F)F)cc1. The van der Waals surface area contributed by atoms with E-state index in [-0.39, 0.29) is 11.4 Å². The Bertz CT molecular complexity index is 691. The number of amides is 2. The maximum Gasteiger partial charge on any atom is 0.475 e. The van der Waals surface area contributed by atoms with Crippen LogP contribution < -0.4 is 10.6 Å². The Kier molecular flexibility index (Phi) is 5.32. The fourth-order valence-electron chi connectivity index (χ4n) is 1.65. The molecule has 1 aromatic heterocycles. The zero-order valence-corrected chi connectivity index (χ0v) is 12.4. The van der Waals surface area contributed by atoms with Gasteiger partial charge in [-0.05, 0) is 42.0 Å². The second-order valence-electron chi connectivity index (χ2n) is 4.40. The van der Waals surface area contributed by atoms with Crippen LogP contribution in [0.5, 0.6) is 0 Å². The summed E-state index contributed by atoms with van der Waals surface area (Å²) < 4.78 is 48.1. The molecule has 0 spiro atoms. The zero-order chi connectivity index (χ0) is 16.9. The highest BCUT2D eigenvalue weighted by Gasteiger charge is 2.37. The number of hydrogen-bond acceptors (Lipinski definition) is 3. The van der Waals surface area contributed by atoms with Gasteiger partial charge in [-0.15, -0.1) is 0 Å². The number of nitrogens with one attached hydrogen (secondary N) is 2. The first-order chi connectivity index (χ1) is 10.9. The molecule has 2 rings (SSSR count). The fraction of sp³-hybridized carbons (Fsp3) is 0.143. The van der Waals surface area contributed by atoms with Gasteiger partial charge in [0.25, 0.3) is 0 Å². The minimum absolute atomic E-state index is 0.282. The van der Waals surface area contributed by atoms with E-state index in [1.807, 2.05) is 0 Å². The summed E-state index contributed by atoms with van der Waals surface area (Å²) in [4.78, 5) is 15.2. The molecule has 0 bridgehead atoms. The molecule has 1 heterocycles. The first-order valence-electron chi connectivity index (χ1n) is 6.38. The normalized spacial score (nSPS) is 12.5. The van der Waals surface area contributed by atoms with Crippen LogP contribution in [0.1, 0.15) is 5.56 Å². The third kappa shape index (κ3) is 5.06. The fourth-order valence-corrected chi connectivity index (χ4v) is 2.30. The van der Waals surface area contributed by atoms with E-state index in [0.717, 1.165) is 17.7 Å². The molecule has 5 nitrogen and oxygen atoms in total. The van der Waals surface area contributed by atoms with Crippen LogP contribution in [0.2, 0.25) is 0 Å². The number of carbonyl (C=O) groups excluding carboxylic acids is 1. The van der Waals surface area contributed by atoms with Gasteiger partial charge in [0.1, 0.15) is 0 Å². The molecule has 0 aliphatic carbocycles. The number of rotatable bonds is 4. The highest BCUT2D eigenvalue weighted by atomic mass is 32.2. The Hall–Kier alpha value is -2.42. The molecule has 0 aliphatic heterocycles. The van der Waals surface area contributed by atoms with Crippen molar-refractivity contribution < 1.29 is 22.2 Å². The number of carbonyl (C=O) groups is 1. The minimum Gasteiger partial charge on any atom is -0.334 e. The molecule has 0 saturated heterocycles. The number of alkyl halides is 3. The van der Waals surface area contributed by atoms with Crippen LogP contribution in [0, 0.1) is 0 Å². The van der Waals surface area contributed by atoms with Crippen molar-refractivity contribution in [1.29, 1.82) is 0 Å². The van der Waals surface area contributed by atoms with E-state index in [9.17, 15) is 22.2 Å². The van der Waals surface area contributed by atoms with Gasteiger partial charge in [0.05, 0.1) is 0 Å². The molecule has 0 fully saturated rings. The highest BCUT2D eigenvalue weighted by Crippen LogP contribution is 2.26. The topological polar surface area (TPSA) is 71.1 Å². The monoisotopic (exact) mass is 343 g/mol. The van der Waals surface area contributed by atoms with Crippen LogP contribution >= 0.6 is 0 Å². The molecule has 0 saturated carbocycles. The van der Waals surface area contributed by atoms with Crippen LogP contribution in [0.4, 0.5) is 23.7 Å². The Morgan fingerprint density at radius 1 is 1.09 bits per heavy atom. The second-order valence-corrected chi connectivity index (χ2v) is 5.87. The lowest BCUT2D eigenvalue weighted by Crippen LogP contribution is -2.28. The molecule has 23 heavy (non-hydrogen) atoms. The van der Waals surface area contributed by atoms with E-state index >= 15 is 0 Å². The Labute approximate surface area is 132 Å². The number of pyridine rings is 1. The lowest BCUT2D eigenvalue weighted by Gasteiger charge is -2.09. The average molecular weight is 343 g/mol. The standard InChI is InChI=1S/C14H12F3N3O2S/c15-14(16,17)23(22)12-3-1-11(2-4-12)20-13(21)19-9-10-5-7-18-8-6-10/h1-8H,9H2,(H2,19,20,21)/t23-/m0/s1. The molecule has 0 unspecified atom stereocenters. The molecule has 122 valence electrons. The van der Waals surface area contributed by atoms with Crippen molar-refractivity contribution in [2.45, 2.75) is 16.9 Å². The van der Waals surface area contributed by atoms with Crippen molar-refractivity contribution in [1.82, 2.24) is 10.3 Å². The van der Waals surface area contributed by atoms with Gasteiger partial charge < -0.3 is 10.6 Å². The van der Waals surface area contributed by atoms with Crippen molar-refractivity contribution in [3.8, 4) is 0 Å². The summed E-state index contributed by atoms with van der Waals surface area (Å²) in [5.74, 6) is 0. The summed E-state index contributed by atoms with van der Waals surface area (Å²) in [5, 5.41) is 5.06. The third-order valence-corrected chi connectivity index (χ3v) is 3.86. The summed E-state index contributed by atoms with van der Waals surface area (Å²) in [7, 11) is -3.08. The van der Waals surface area contributed by atoms with Crippen LogP contribution in [0.3, 0.4) is 0 Å². The average Bonchev–Trinajstić information content (AvgIpc) is 2.53. The first kappa shape index (κ1) is 16.9. The Morgan fingerprint density at radius 3 is 2.26 bits per heavy atom. The summed E-state index contributed by atoms with van der Waals surface area (Å²) >= 11 is 0. The van der Waals surface area contributed by atoms with Crippen LogP contribution in [-0.4, -0.2) is 20.7 Å². The number of aromatic nitrogens is 1. The smallest absolute Gasteiger partial charge is 0.334 e. The summed E-state index contributed by atoms with van der Waals surface area (Å²) in [6, 6.07) is 7.59. The van der Waals surface area contributed by atoms with E-state index in [4.69, 9.17) is 0 Å². The molecule has 1 aromatic carbocycles. The number of anilines is 1. The van der Waals surface area contributed by atoms with Gasteiger partial charge in [-0.1, -0.05) is 0 Å². The van der Waals surface area contributed by atoms with E-state index in [1.54, 1.807) is 24.5 Å². The minimum atomic E-state index is -4.81. The predicted octanol–water partition coefficient (Wildman–Crippen LogP) is 3.03. The second kappa shape index (κ2) is 7.23.